The molecule has 0 aliphatic heterocycles. The molecule has 2 atom stereocenters. The molecule has 2 unspecified atom stereocenters. The molecule has 0 radical (unpaired) electrons. The Morgan fingerprint density at radius 1 is 1.18 bits per heavy atom. The van der Waals surface area contributed by atoms with Gasteiger partial charge in [0.25, 0.3) is 0 Å². The summed E-state index contributed by atoms with van der Waals surface area (Å²) in [6, 6.07) is 0.673. The summed E-state index contributed by atoms with van der Waals surface area (Å²) in [7, 11) is 2.04. The molecule has 0 aliphatic carbocycles. The Kier molecular flexibility index (Phi) is 6.63. The van der Waals surface area contributed by atoms with Crippen LogP contribution in [0.15, 0.2) is 0 Å². The van der Waals surface area contributed by atoms with Crippen LogP contribution in [-0.2, 0) is 0 Å². The van der Waals surface area contributed by atoms with E-state index >= 15 is 0 Å². The molecule has 1 N–H and O–H groups in total. The monoisotopic (exact) mass is 157 g/mol. The standard InChI is InChI=1S/C10H23N/c1-5-6-7-8-9(2)10(3)11-4/h9-11H,5-8H2,1-4H3. The predicted octanol–water partition coefficient (Wildman–Crippen LogP) is 2.81. The maximum atomic E-state index is 3.29. The highest BCUT2D eigenvalue weighted by Crippen LogP contribution is 2.12. The minimum absolute atomic E-state index is 0.673. The van der Waals surface area contributed by atoms with Gasteiger partial charge in [0.15, 0.2) is 0 Å². The maximum Gasteiger partial charge on any atom is 0.00613 e. The normalized spacial score (nSPS) is 16.4. The van der Waals surface area contributed by atoms with Crippen molar-refractivity contribution in [3.05, 3.63) is 0 Å². The van der Waals surface area contributed by atoms with Crippen LogP contribution in [0, 0.1) is 5.92 Å². The van der Waals surface area contributed by atoms with Crippen LogP contribution in [0.1, 0.15) is 46.5 Å². The van der Waals surface area contributed by atoms with E-state index in [0.29, 0.717) is 6.04 Å². The molecule has 0 saturated heterocycles. The van der Waals surface area contributed by atoms with E-state index < -0.39 is 0 Å². The molecule has 1 nitrogen and oxygen atoms in total. The number of nitrogens with one attached hydrogen (secondary N) is 1. The van der Waals surface area contributed by atoms with Crippen LogP contribution in [-0.4, -0.2) is 13.1 Å². The summed E-state index contributed by atoms with van der Waals surface area (Å²) in [6.07, 6.45) is 5.49. The van der Waals surface area contributed by atoms with Crippen molar-refractivity contribution in [2.45, 2.75) is 52.5 Å². The van der Waals surface area contributed by atoms with E-state index in [1.165, 1.54) is 25.7 Å². The Morgan fingerprint density at radius 3 is 2.27 bits per heavy atom. The lowest BCUT2D eigenvalue weighted by molar-refractivity contribution is 0.386. The summed E-state index contributed by atoms with van der Waals surface area (Å²) >= 11 is 0. The SMILES string of the molecule is CCCCCC(C)C(C)NC. The number of rotatable bonds is 6. The second-order valence-electron chi connectivity index (χ2n) is 3.55. The molecule has 11 heavy (non-hydrogen) atoms. The highest BCUT2D eigenvalue weighted by atomic mass is 14.9. The van der Waals surface area contributed by atoms with E-state index in [4.69, 9.17) is 0 Å². The van der Waals surface area contributed by atoms with E-state index in [1.807, 2.05) is 7.05 Å². The fourth-order valence-electron chi connectivity index (χ4n) is 1.25. The molecule has 0 spiro atoms. The molecule has 0 saturated carbocycles. The zero-order chi connectivity index (χ0) is 8.69. The van der Waals surface area contributed by atoms with Gasteiger partial charge in [-0.15, -0.1) is 0 Å². The third kappa shape index (κ3) is 5.25. The zero-order valence-electron chi connectivity index (χ0n) is 8.48. The van der Waals surface area contributed by atoms with Gasteiger partial charge in [0.2, 0.25) is 0 Å². The molecule has 0 rings (SSSR count). The largest absolute Gasteiger partial charge is 0.317 e. The molecule has 68 valence electrons. The van der Waals surface area contributed by atoms with Crippen LogP contribution in [0.3, 0.4) is 0 Å². The number of unbranched alkanes of at least 4 members (excludes halogenated alkanes) is 2. The van der Waals surface area contributed by atoms with Crippen LogP contribution in [0.4, 0.5) is 0 Å². The van der Waals surface area contributed by atoms with Gasteiger partial charge in [0.05, 0.1) is 0 Å². The van der Waals surface area contributed by atoms with Gasteiger partial charge in [-0.1, -0.05) is 33.1 Å². The van der Waals surface area contributed by atoms with Crippen molar-refractivity contribution in [3.63, 3.8) is 0 Å². The van der Waals surface area contributed by atoms with E-state index in [0.717, 1.165) is 5.92 Å². The van der Waals surface area contributed by atoms with Gasteiger partial charge in [0, 0.05) is 6.04 Å². The van der Waals surface area contributed by atoms with Crippen molar-refractivity contribution >= 4 is 0 Å². The first-order chi connectivity index (χ1) is 5.22. The molecule has 0 aromatic heterocycles. The molecular weight excluding hydrogens is 134 g/mol. The van der Waals surface area contributed by atoms with Crippen LogP contribution in [0.25, 0.3) is 0 Å². The first kappa shape index (κ1) is 11.0. The third-order valence-corrected chi connectivity index (χ3v) is 2.57. The molecule has 0 heterocycles. The van der Waals surface area contributed by atoms with Gasteiger partial charge in [-0.2, -0.15) is 0 Å². The second kappa shape index (κ2) is 6.66. The van der Waals surface area contributed by atoms with Crippen molar-refractivity contribution < 1.29 is 0 Å². The minimum atomic E-state index is 0.673. The Bertz CT molecular complexity index is 80.9. The first-order valence-corrected chi connectivity index (χ1v) is 4.89. The summed E-state index contributed by atoms with van der Waals surface area (Å²) in [5.41, 5.74) is 0. The van der Waals surface area contributed by atoms with Gasteiger partial charge in [0.1, 0.15) is 0 Å². The molecule has 0 bridgehead atoms. The predicted molar refractivity (Wildman–Crippen MR) is 51.8 cm³/mol. The summed E-state index contributed by atoms with van der Waals surface area (Å²) in [4.78, 5) is 0. The van der Waals surface area contributed by atoms with Crippen LogP contribution < -0.4 is 5.32 Å². The van der Waals surface area contributed by atoms with Gasteiger partial charge < -0.3 is 5.32 Å². The first-order valence-electron chi connectivity index (χ1n) is 4.89. The highest BCUT2D eigenvalue weighted by molar-refractivity contribution is 4.65. The Balaban J connectivity index is 3.28. The van der Waals surface area contributed by atoms with Crippen LogP contribution in [0.5, 0.6) is 0 Å². The third-order valence-electron chi connectivity index (χ3n) is 2.57. The van der Waals surface area contributed by atoms with Crippen molar-refractivity contribution in [2.24, 2.45) is 5.92 Å². The molecule has 0 amide bonds. The topological polar surface area (TPSA) is 12.0 Å². The highest BCUT2D eigenvalue weighted by Gasteiger charge is 2.08. The lowest BCUT2D eigenvalue weighted by atomic mass is 9.97. The average Bonchev–Trinajstić information content (AvgIpc) is 2.03. The van der Waals surface area contributed by atoms with Crippen LogP contribution >= 0.6 is 0 Å². The second-order valence-corrected chi connectivity index (χ2v) is 3.55. The fraction of sp³-hybridized carbons (Fsp3) is 1.00. The molecule has 1 heteroatoms. The van der Waals surface area contributed by atoms with E-state index in [2.05, 4.69) is 26.1 Å². The van der Waals surface area contributed by atoms with E-state index in [-0.39, 0.29) is 0 Å². The van der Waals surface area contributed by atoms with Gasteiger partial charge in [-0.25, -0.2) is 0 Å². The molecule has 0 fully saturated rings. The Labute approximate surface area is 71.6 Å². The molecule has 0 aromatic carbocycles. The Morgan fingerprint density at radius 2 is 1.82 bits per heavy atom. The number of hydrogen-bond donors (Lipinski definition) is 1. The molecule has 0 aliphatic rings. The lowest BCUT2D eigenvalue weighted by Crippen LogP contribution is -2.28. The average molecular weight is 157 g/mol. The van der Waals surface area contributed by atoms with Crippen molar-refractivity contribution in [1.29, 1.82) is 0 Å². The van der Waals surface area contributed by atoms with Crippen molar-refractivity contribution in [1.82, 2.24) is 5.32 Å². The molecular formula is C10H23N. The summed E-state index contributed by atoms with van der Waals surface area (Å²) in [5, 5.41) is 3.29. The number of hydrogen-bond acceptors (Lipinski definition) is 1. The van der Waals surface area contributed by atoms with Crippen LogP contribution in [0.2, 0.25) is 0 Å². The Hall–Kier alpha value is -0.0400. The van der Waals surface area contributed by atoms with Gasteiger partial charge >= 0.3 is 0 Å². The zero-order valence-corrected chi connectivity index (χ0v) is 8.48. The summed E-state index contributed by atoms with van der Waals surface area (Å²) in [6.45, 7) is 6.85. The fourth-order valence-corrected chi connectivity index (χ4v) is 1.25. The van der Waals surface area contributed by atoms with Crippen molar-refractivity contribution in [3.8, 4) is 0 Å². The maximum absolute atomic E-state index is 3.29. The van der Waals surface area contributed by atoms with Gasteiger partial charge in [-0.3, -0.25) is 0 Å². The van der Waals surface area contributed by atoms with E-state index in [9.17, 15) is 0 Å². The summed E-state index contributed by atoms with van der Waals surface area (Å²) in [5.74, 6) is 0.826. The minimum Gasteiger partial charge on any atom is -0.317 e. The molecule has 0 aromatic rings. The lowest BCUT2D eigenvalue weighted by Gasteiger charge is -2.18. The van der Waals surface area contributed by atoms with Gasteiger partial charge in [-0.05, 0) is 26.3 Å². The van der Waals surface area contributed by atoms with Crippen molar-refractivity contribution in [2.75, 3.05) is 7.05 Å². The van der Waals surface area contributed by atoms with E-state index in [1.54, 1.807) is 0 Å². The smallest absolute Gasteiger partial charge is 0.00613 e. The summed E-state index contributed by atoms with van der Waals surface area (Å²) < 4.78 is 0. The quantitative estimate of drug-likeness (QED) is 0.585.